The van der Waals surface area contributed by atoms with E-state index >= 15 is 0 Å². The summed E-state index contributed by atoms with van der Waals surface area (Å²) in [7, 11) is 0. The Labute approximate surface area is 215 Å². The van der Waals surface area contributed by atoms with Crippen LogP contribution in [0.2, 0.25) is 0 Å². The number of aromatic nitrogens is 6. The Morgan fingerprint density at radius 2 is 1.03 bits per heavy atom. The number of unbranched alkanes of at least 4 members (excludes halogenated alkanes) is 2. The van der Waals surface area contributed by atoms with E-state index in [1.54, 1.807) is 23.5 Å². The highest BCUT2D eigenvalue weighted by molar-refractivity contribution is 7.99. The quantitative estimate of drug-likeness (QED) is 0.114. The van der Waals surface area contributed by atoms with Gasteiger partial charge in [-0.2, -0.15) is 0 Å². The topological polar surface area (TPSA) is 61.4 Å². The first-order valence-electron chi connectivity index (χ1n) is 11.8. The van der Waals surface area contributed by atoms with E-state index in [9.17, 15) is 0 Å². The molecular formula is C27H30N6S2. The summed E-state index contributed by atoms with van der Waals surface area (Å²) in [4.78, 5) is 0. The summed E-state index contributed by atoms with van der Waals surface area (Å²) in [5.74, 6) is 3.61. The lowest BCUT2D eigenvalue weighted by molar-refractivity contribution is 0.634. The molecule has 0 spiro atoms. The SMILES string of the molecule is C=CCSc1nnc(CCCCCc2nnc(SCC=C)n2-c2ccccc2)n1-c1ccccc1. The molecule has 0 fully saturated rings. The summed E-state index contributed by atoms with van der Waals surface area (Å²) < 4.78 is 4.34. The van der Waals surface area contributed by atoms with Crippen LogP contribution in [0.4, 0.5) is 0 Å². The van der Waals surface area contributed by atoms with Crippen molar-refractivity contribution < 1.29 is 0 Å². The molecule has 0 saturated heterocycles. The molecular weight excluding hydrogens is 472 g/mol. The zero-order valence-electron chi connectivity index (χ0n) is 19.8. The number of hydrogen-bond donors (Lipinski definition) is 0. The third-order valence-electron chi connectivity index (χ3n) is 5.39. The van der Waals surface area contributed by atoms with Gasteiger partial charge in [-0.05, 0) is 37.1 Å². The van der Waals surface area contributed by atoms with Gasteiger partial charge in [0.1, 0.15) is 11.6 Å². The average molecular weight is 503 g/mol. The van der Waals surface area contributed by atoms with Gasteiger partial charge in [-0.1, -0.05) is 78.5 Å². The van der Waals surface area contributed by atoms with Crippen molar-refractivity contribution in [3.05, 3.63) is 97.6 Å². The van der Waals surface area contributed by atoms with Gasteiger partial charge in [0.05, 0.1) is 0 Å². The molecule has 0 aliphatic carbocycles. The van der Waals surface area contributed by atoms with E-state index in [1.165, 1.54) is 0 Å². The van der Waals surface area contributed by atoms with E-state index in [-0.39, 0.29) is 0 Å². The van der Waals surface area contributed by atoms with Crippen LogP contribution in [0.1, 0.15) is 30.9 Å². The molecule has 35 heavy (non-hydrogen) atoms. The average Bonchev–Trinajstić information content (AvgIpc) is 3.50. The highest BCUT2D eigenvalue weighted by atomic mass is 32.2. The molecule has 0 radical (unpaired) electrons. The number of rotatable bonds is 14. The van der Waals surface area contributed by atoms with Gasteiger partial charge in [0.25, 0.3) is 0 Å². The van der Waals surface area contributed by atoms with E-state index < -0.39 is 0 Å². The highest BCUT2D eigenvalue weighted by Gasteiger charge is 2.15. The second-order valence-electron chi connectivity index (χ2n) is 7.90. The third-order valence-corrected chi connectivity index (χ3v) is 7.24. The molecule has 0 aliphatic rings. The maximum Gasteiger partial charge on any atom is 0.196 e. The van der Waals surface area contributed by atoms with Crippen LogP contribution in [0.5, 0.6) is 0 Å². The van der Waals surface area contributed by atoms with Crippen LogP contribution in [-0.2, 0) is 12.8 Å². The molecule has 4 aromatic rings. The van der Waals surface area contributed by atoms with E-state index in [1.807, 2.05) is 48.6 Å². The molecule has 4 rings (SSSR count). The van der Waals surface area contributed by atoms with Gasteiger partial charge in [0, 0.05) is 35.7 Å². The van der Waals surface area contributed by atoms with Gasteiger partial charge in [-0.15, -0.1) is 33.6 Å². The second kappa shape index (κ2) is 13.1. The minimum atomic E-state index is 0.806. The first kappa shape index (κ1) is 25.0. The normalized spacial score (nSPS) is 11.0. The van der Waals surface area contributed by atoms with Gasteiger partial charge in [0.2, 0.25) is 0 Å². The summed E-state index contributed by atoms with van der Waals surface area (Å²) in [5, 5.41) is 19.7. The largest absolute Gasteiger partial charge is 0.274 e. The molecule has 0 N–H and O–H groups in total. The molecule has 6 nitrogen and oxygen atoms in total. The van der Waals surface area contributed by atoms with Crippen LogP contribution in [0.25, 0.3) is 11.4 Å². The second-order valence-corrected chi connectivity index (χ2v) is 9.87. The van der Waals surface area contributed by atoms with E-state index in [0.717, 1.165) is 76.9 Å². The first-order chi connectivity index (χ1) is 17.3. The van der Waals surface area contributed by atoms with E-state index in [2.05, 4.69) is 67.0 Å². The maximum atomic E-state index is 4.51. The maximum absolute atomic E-state index is 4.51. The number of thioether (sulfide) groups is 2. The predicted octanol–water partition coefficient (Wildman–Crippen LogP) is 6.36. The number of nitrogens with zero attached hydrogens (tertiary/aromatic N) is 6. The Morgan fingerprint density at radius 1 is 0.600 bits per heavy atom. The molecule has 0 amide bonds. The summed E-state index contributed by atoms with van der Waals surface area (Å²) in [6, 6.07) is 20.6. The monoisotopic (exact) mass is 502 g/mol. The molecule has 0 unspecified atom stereocenters. The van der Waals surface area contributed by atoms with Crippen LogP contribution >= 0.6 is 23.5 Å². The first-order valence-corrected chi connectivity index (χ1v) is 13.8. The smallest absolute Gasteiger partial charge is 0.196 e. The lowest BCUT2D eigenvalue weighted by atomic mass is 10.1. The Kier molecular flexibility index (Phi) is 9.37. The Morgan fingerprint density at radius 3 is 1.43 bits per heavy atom. The third kappa shape index (κ3) is 6.52. The lowest BCUT2D eigenvalue weighted by Gasteiger charge is -2.10. The van der Waals surface area contributed by atoms with Crippen molar-refractivity contribution in [2.45, 2.75) is 42.4 Å². The number of hydrogen-bond acceptors (Lipinski definition) is 6. The molecule has 0 bridgehead atoms. The molecule has 2 heterocycles. The van der Waals surface area contributed by atoms with Crippen molar-refractivity contribution in [3.63, 3.8) is 0 Å². The summed E-state index contributed by atoms with van der Waals surface area (Å²) >= 11 is 3.31. The van der Waals surface area contributed by atoms with Crippen LogP contribution in [0.15, 0.2) is 96.3 Å². The molecule has 0 saturated carbocycles. The standard InChI is InChI=1S/C27H30N6S2/c1-3-20-34-26-30-28-24(32(26)22-14-8-5-9-15-22)18-12-7-13-19-25-29-31-27(35-21-4-2)33(25)23-16-10-6-11-17-23/h3-6,8-11,14-17H,1-2,7,12-13,18-21H2. The minimum Gasteiger partial charge on any atom is -0.274 e. The van der Waals surface area contributed by atoms with Crippen molar-refractivity contribution in [2.24, 2.45) is 0 Å². The van der Waals surface area contributed by atoms with Crippen LogP contribution in [0, 0.1) is 0 Å². The van der Waals surface area contributed by atoms with Crippen LogP contribution in [-0.4, -0.2) is 41.0 Å². The molecule has 8 heteroatoms. The summed E-state index contributed by atoms with van der Waals surface area (Å²) in [6.45, 7) is 7.65. The van der Waals surface area contributed by atoms with E-state index in [0.29, 0.717) is 0 Å². The fourth-order valence-corrected chi connectivity index (χ4v) is 5.20. The summed E-state index contributed by atoms with van der Waals surface area (Å²) in [6.07, 6.45) is 8.69. The Hall–Kier alpha value is -3.10. The van der Waals surface area contributed by atoms with Gasteiger partial charge < -0.3 is 0 Å². The lowest BCUT2D eigenvalue weighted by Crippen LogP contribution is -2.04. The molecule has 0 atom stereocenters. The van der Waals surface area contributed by atoms with Crippen LogP contribution < -0.4 is 0 Å². The minimum absolute atomic E-state index is 0.806. The number of benzene rings is 2. The summed E-state index contributed by atoms with van der Waals surface area (Å²) in [5.41, 5.74) is 2.19. The number of aryl methyl sites for hydroxylation is 2. The molecule has 2 aromatic heterocycles. The van der Waals surface area contributed by atoms with Crippen LogP contribution in [0.3, 0.4) is 0 Å². The van der Waals surface area contributed by atoms with Gasteiger partial charge in [-0.25, -0.2) is 0 Å². The Balaban J connectivity index is 1.39. The zero-order valence-corrected chi connectivity index (χ0v) is 21.4. The van der Waals surface area contributed by atoms with Gasteiger partial charge >= 0.3 is 0 Å². The number of para-hydroxylation sites is 2. The predicted molar refractivity (Wildman–Crippen MR) is 146 cm³/mol. The zero-order chi connectivity index (χ0) is 24.3. The van der Waals surface area contributed by atoms with Crippen molar-refractivity contribution in [1.82, 2.24) is 29.5 Å². The fourth-order valence-electron chi connectivity index (χ4n) is 3.79. The molecule has 2 aromatic carbocycles. The molecule has 180 valence electrons. The van der Waals surface area contributed by atoms with Gasteiger partial charge in [0.15, 0.2) is 10.3 Å². The van der Waals surface area contributed by atoms with Crippen molar-refractivity contribution in [3.8, 4) is 11.4 Å². The van der Waals surface area contributed by atoms with Crippen molar-refractivity contribution in [2.75, 3.05) is 11.5 Å². The van der Waals surface area contributed by atoms with Gasteiger partial charge in [-0.3, -0.25) is 9.13 Å². The van der Waals surface area contributed by atoms with E-state index in [4.69, 9.17) is 0 Å². The molecule has 0 aliphatic heterocycles. The van der Waals surface area contributed by atoms with Crippen molar-refractivity contribution >= 4 is 23.5 Å². The highest BCUT2D eigenvalue weighted by Crippen LogP contribution is 2.25. The fraction of sp³-hybridized carbons (Fsp3) is 0.259. The Bertz CT molecular complexity index is 1120. The van der Waals surface area contributed by atoms with Crippen molar-refractivity contribution in [1.29, 1.82) is 0 Å².